The molecule has 9 heteroatoms. The number of rotatable bonds is 5. The van der Waals surface area contributed by atoms with E-state index < -0.39 is 10.0 Å². The molecule has 0 unspecified atom stereocenters. The van der Waals surface area contributed by atoms with Crippen LogP contribution in [0.2, 0.25) is 5.15 Å². The molecule has 1 saturated carbocycles. The highest BCUT2D eigenvalue weighted by Crippen LogP contribution is 2.28. The highest BCUT2D eigenvalue weighted by molar-refractivity contribution is 7.89. The van der Waals surface area contributed by atoms with Gasteiger partial charge < -0.3 is 4.90 Å². The lowest BCUT2D eigenvalue weighted by Gasteiger charge is -2.39. The van der Waals surface area contributed by atoms with E-state index in [1.165, 1.54) is 55.2 Å². The monoisotopic (exact) mass is 468 g/mol. The largest absolute Gasteiger partial charge is 0.340 e. The molecule has 0 N–H and O–H groups in total. The van der Waals surface area contributed by atoms with Crippen LogP contribution in [-0.2, 0) is 14.8 Å². The number of nitrogens with zero attached hydrogens (tertiary/aromatic N) is 4. The van der Waals surface area contributed by atoms with Crippen molar-refractivity contribution in [1.29, 1.82) is 0 Å². The first-order valence-corrected chi connectivity index (χ1v) is 13.4. The smallest absolute Gasteiger partial charge is 0.246 e. The highest BCUT2D eigenvalue weighted by atomic mass is 35.5. The van der Waals surface area contributed by atoms with Crippen LogP contribution in [0.3, 0.4) is 0 Å². The summed E-state index contributed by atoms with van der Waals surface area (Å²) in [6.45, 7) is 5.33. The number of halogens is 1. The van der Waals surface area contributed by atoms with Crippen LogP contribution < -0.4 is 0 Å². The number of piperidine rings is 1. The molecule has 172 valence electrons. The van der Waals surface area contributed by atoms with E-state index in [2.05, 4.69) is 9.88 Å². The normalized spacial score (nSPS) is 23.2. The number of pyridine rings is 1. The van der Waals surface area contributed by atoms with Gasteiger partial charge in [-0.2, -0.15) is 4.31 Å². The Morgan fingerprint density at radius 2 is 1.68 bits per heavy atom. The summed E-state index contributed by atoms with van der Waals surface area (Å²) in [5, 5.41) is -0.00759. The van der Waals surface area contributed by atoms with Crippen molar-refractivity contribution in [3.05, 3.63) is 23.5 Å². The summed E-state index contributed by atoms with van der Waals surface area (Å²) in [4.78, 5) is 21.5. The average molecular weight is 469 g/mol. The number of hydrogen-bond acceptors (Lipinski definition) is 5. The Kier molecular flexibility index (Phi) is 7.52. The number of sulfonamides is 1. The molecule has 0 spiro atoms. The van der Waals surface area contributed by atoms with Crippen LogP contribution in [0, 0.1) is 11.8 Å². The SMILES string of the molecule is O=C(C1CCN(S(=O)(=O)c2cccnc2Cl)CC1)N1CCN(CC2CCCCC2)CC1. The summed E-state index contributed by atoms with van der Waals surface area (Å²) in [5.74, 6) is 0.921. The van der Waals surface area contributed by atoms with Crippen LogP contribution in [-0.4, -0.2) is 79.2 Å². The number of carbonyl (C=O) groups is 1. The van der Waals surface area contributed by atoms with Gasteiger partial charge in [-0.3, -0.25) is 9.69 Å². The molecule has 2 aliphatic heterocycles. The van der Waals surface area contributed by atoms with Gasteiger partial charge in [-0.1, -0.05) is 30.9 Å². The number of hydrogen-bond donors (Lipinski definition) is 0. The molecule has 0 aromatic carbocycles. The molecule has 31 heavy (non-hydrogen) atoms. The fraction of sp³-hybridized carbons (Fsp3) is 0.727. The van der Waals surface area contributed by atoms with Crippen molar-refractivity contribution in [2.45, 2.75) is 49.8 Å². The summed E-state index contributed by atoms with van der Waals surface area (Å²) < 4.78 is 27.2. The van der Waals surface area contributed by atoms with Crippen LogP contribution in [0.25, 0.3) is 0 Å². The van der Waals surface area contributed by atoms with Crippen molar-refractivity contribution in [2.75, 3.05) is 45.8 Å². The molecule has 1 aliphatic carbocycles. The van der Waals surface area contributed by atoms with Crippen LogP contribution in [0.15, 0.2) is 23.2 Å². The zero-order valence-electron chi connectivity index (χ0n) is 18.1. The molecule has 3 heterocycles. The zero-order valence-corrected chi connectivity index (χ0v) is 19.7. The Morgan fingerprint density at radius 3 is 2.32 bits per heavy atom. The average Bonchev–Trinajstić information content (AvgIpc) is 2.80. The Balaban J connectivity index is 1.26. The lowest BCUT2D eigenvalue weighted by atomic mass is 9.89. The summed E-state index contributed by atoms with van der Waals surface area (Å²) in [7, 11) is -3.68. The summed E-state index contributed by atoms with van der Waals surface area (Å²) in [6, 6.07) is 3.05. The lowest BCUT2D eigenvalue weighted by molar-refractivity contribution is -0.138. The van der Waals surface area contributed by atoms with Crippen LogP contribution >= 0.6 is 11.6 Å². The van der Waals surface area contributed by atoms with Crippen molar-refractivity contribution >= 4 is 27.5 Å². The van der Waals surface area contributed by atoms with E-state index in [1.807, 2.05) is 4.90 Å². The minimum Gasteiger partial charge on any atom is -0.340 e. The van der Waals surface area contributed by atoms with Crippen molar-refractivity contribution in [2.24, 2.45) is 11.8 Å². The zero-order chi connectivity index (χ0) is 21.8. The van der Waals surface area contributed by atoms with E-state index in [0.717, 1.165) is 32.1 Å². The first-order valence-electron chi connectivity index (χ1n) is 11.6. The van der Waals surface area contributed by atoms with Crippen molar-refractivity contribution in [1.82, 2.24) is 19.1 Å². The minimum atomic E-state index is -3.68. The van der Waals surface area contributed by atoms with Gasteiger partial charge in [0.05, 0.1) is 0 Å². The molecule has 1 amide bonds. The van der Waals surface area contributed by atoms with Crippen molar-refractivity contribution in [3.8, 4) is 0 Å². The van der Waals surface area contributed by atoms with Gasteiger partial charge in [0.25, 0.3) is 0 Å². The summed E-state index contributed by atoms with van der Waals surface area (Å²) in [5.41, 5.74) is 0. The van der Waals surface area contributed by atoms with Crippen molar-refractivity contribution < 1.29 is 13.2 Å². The number of aromatic nitrogens is 1. The quantitative estimate of drug-likeness (QED) is 0.621. The van der Waals surface area contributed by atoms with E-state index in [-0.39, 0.29) is 21.9 Å². The molecule has 0 atom stereocenters. The molecular weight excluding hydrogens is 436 g/mol. The van der Waals surface area contributed by atoms with E-state index in [9.17, 15) is 13.2 Å². The summed E-state index contributed by atoms with van der Waals surface area (Å²) in [6.07, 6.45) is 9.40. The molecule has 1 aromatic rings. The molecule has 4 rings (SSSR count). The predicted octanol–water partition coefficient (Wildman–Crippen LogP) is 2.86. The molecule has 3 aliphatic rings. The van der Waals surface area contributed by atoms with E-state index in [0.29, 0.717) is 25.9 Å². The highest BCUT2D eigenvalue weighted by Gasteiger charge is 2.35. The Hall–Kier alpha value is -1.22. The second kappa shape index (κ2) is 10.1. The fourth-order valence-corrected chi connectivity index (χ4v) is 7.09. The minimum absolute atomic E-state index is 0.00759. The van der Waals surface area contributed by atoms with Crippen molar-refractivity contribution in [3.63, 3.8) is 0 Å². The van der Waals surface area contributed by atoms with Gasteiger partial charge in [0.1, 0.15) is 10.0 Å². The first kappa shape index (κ1) is 23.0. The van der Waals surface area contributed by atoms with Gasteiger partial charge in [0, 0.05) is 57.9 Å². The Morgan fingerprint density at radius 1 is 1.00 bits per heavy atom. The maximum Gasteiger partial charge on any atom is 0.246 e. The molecular formula is C22H33ClN4O3S. The molecule has 2 saturated heterocycles. The van der Waals surface area contributed by atoms with Crippen LogP contribution in [0.5, 0.6) is 0 Å². The topological polar surface area (TPSA) is 73.8 Å². The number of piperazine rings is 1. The second-order valence-corrected chi connectivity index (χ2v) is 11.4. The fourth-order valence-electron chi connectivity index (χ4n) is 5.19. The Labute approximate surface area is 190 Å². The second-order valence-electron chi connectivity index (χ2n) is 9.10. The standard InChI is InChI=1S/C22H33ClN4O3S/c23-21-20(7-4-10-24-21)31(29,30)27-11-8-19(9-12-27)22(28)26-15-13-25(14-16-26)17-18-5-2-1-3-6-18/h4,7,10,18-19H,1-3,5-6,8-9,11-17H2. The Bertz CT molecular complexity index is 859. The molecule has 3 fully saturated rings. The molecule has 7 nitrogen and oxygen atoms in total. The van der Waals surface area contributed by atoms with Gasteiger partial charge in [-0.05, 0) is 43.7 Å². The lowest BCUT2D eigenvalue weighted by Crippen LogP contribution is -2.52. The third-order valence-corrected chi connectivity index (χ3v) is 9.41. The number of amides is 1. The van der Waals surface area contributed by atoms with Crippen LogP contribution in [0.1, 0.15) is 44.9 Å². The van der Waals surface area contributed by atoms with E-state index in [1.54, 1.807) is 6.07 Å². The van der Waals surface area contributed by atoms with Gasteiger partial charge in [-0.25, -0.2) is 13.4 Å². The third kappa shape index (κ3) is 5.41. The maximum absolute atomic E-state index is 13.0. The molecule has 0 bridgehead atoms. The molecule has 0 radical (unpaired) electrons. The van der Waals surface area contributed by atoms with Gasteiger partial charge >= 0.3 is 0 Å². The van der Waals surface area contributed by atoms with E-state index >= 15 is 0 Å². The van der Waals surface area contributed by atoms with Gasteiger partial charge in [0.2, 0.25) is 15.9 Å². The number of carbonyl (C=O) groups excluding carboxylic acids is 1. The van der Waals surface area contributed by atoms with E-state index in [4.69, 9.17) is 11.6 Å². The predicted molar refractivity (Wildman–Crippen MR) is 120 cm³/mol. The third-order valence-electron chi connectivity index (χ3n) is 7.07. The van der Waals surface area contributed by atoms with Crippen LogP contribution in [0.4, 0.5) is 0 Å². The molecule has 1 aromatic heterocycles. The first-order chi connectivity index (χ1) is 14.9. The maximum atomic E-state index is 13.0. The van der Waals surface area contributed by atoms with Gasteiger partial charge in [-0.15, -0.1) is 0 Å². The van der Waals surface area contributed by atoms with Gasteiger partial charge in [0.15, 0.2) is 0 Å². The summed E-state index contributed by atoms with van der Waals surface area (Å²) >= 11 is 6.00.